The number of hydrogen-bond donors (Lipinski definition) is 1. The van der Waals surface area contributed by atoms with Gasteiger partial charge in [0.1, 0.15) is 0 Å². The second-order valence-electron chi connectivity index (χ2n) is 6.51. The number of aliphatic hydroxyl groups is 1. The standard InChI is InChI=1S/C17H36O4S.K/c1-3-4-5-6-7-8-9-10-11-12-13-17(22(19,20)21)15-14-16(2)18;/h16-18H,3-15H2,1-2H3,(H,19,20,21);/q;+1/p-1. The van der Waals surface area contributed by atoms with E-state index in [1.54, 1.807) is 6.92 Å². The van der Waals surface area contributed by atoms with Crippen LogP contribution >= 0.6 is 0 Å². The van der Waals surface area contributed by atoms with Crippen molar-refractivity contribution < 1.29 is 69.5 Å². The second-order valence-corrected chi connectivity index (χ2v) is 8.16. The molecule has 0 amide bonds. The zero-order chi connectivity index (χ0) is 16.8. The molecule has 0 saturated carbocycles. The van der Waals surface area contributed by atoms with Gasteiger partial charge in [-0.3, -0.25) is 0 Å². The van der Waals surface area contributed by atoms with Crippen molar-refractivity contribution in [2.75, 3.05) is 0 Å². The van der Waals surface area contributed by atoms with E-state index in [-0.39, 0.29) is 57.8 Å². The quantitative estimate of drug-likeness (QED) is 0.267. The summed E-state index contributed by atoms with van der Waals surface area (Å²) in [5.41, 5.74) is 0. The molecular formula is C17H35KO4S. The average molecular weight is 375 g/mol. The van der Waals surface area contributed by atoms with Crippen molar-refractivity contribution in [3.05, 3.63) is 0 Å². The summed E-state index contributed by atoms with van der Waals surface area (Å²) in [6, 6.07) is 0. The Hall–Kier alpha value is 1.51. The van der Waals surface area contributed by atoms with Crippen LogP contribution in [0.25, 0.3) is 0 Å². The van der Waals surface area contributed by atoms with Crippen molar-refractivity contribution in [1.29, 1.82) is 0 Å². The molecule has 0 aliphatic rings. The molecule has 4 nitrogen and oxygen atoms in total. The molecule has 0 aromatic heterocycles. The SMILES string of the molecule is CCCCCCCCCCCCC(CCC(C)O)S(=O)(=O)[O-].[K+]. The van der Waals surface area contributed by atoms with Crippen molar-refractivity contribution in [2.24, 2.45) is 0 Å². The van der Waals surface area contributed by atoms with Crippen molar-refractivity contribution in [3.8, 4) is 0 Å². The number of hydrogen-bond acceptors (Lipinski definition) is 4. The summed E-state index contributed by atoms with van der Waals surface area (Å²) in [4.78, 5) is 0. The van der Waals surface area contributed by atoms with E-state index in [1.165, 1.54) is 44.9 Å². The average Bonchev–Trinajstić information content (AvgIpc) is 2.42. The van der Waals surface area contributed by atoms with Crippen molar-refractivity contribution in [3.63, 3.8) is 0 Å². The first-order valence-electron chi connectivity index (χ1n) is 9.00. The van der Waals surface area contributed by atoms with Crippen LogP contribution in [-0.4, -0.2) is 29.4 Å². The molecule has 2 unspecified atom stereocenters. The minimum absolute atomic E-state index is 0. The van der Waals surface area contributed by atoms with Gasteiger partial charge in [0, 0.05) is 5.25 Å². The smallest absolute Gasteiger partial charge is 0.748 e. The van der Waals surface area contributed by atoms with E-state index in [4.69, 9.17) is 0 Å². The van der Waals surface area contributed by atoms with Gasteiger partial charge in [-0.05, 0) is 26.2 Å². The largest absolute Gasteiger partial charge is 1.00 e. The van der Waals surface area contributed by atoms with E-state index in [2.05, 4.69) is 6.92 Å². The number of aliphatic hydroxyl groups excluding tert-OH is 1. The molecule has 134 valence electrons. The monoisotopic (exact) mass is 374 g/mol. The molecule has 0 aromatic carbocycles. The summed E-state index contributed by atoms with van der Waals surface area (Å²) in [6.45, 7) is 3.84. The van der Waals surface area contributed by atoms with E-state index in [1.807, 2.05) is 0 Å². The summed E-state index contributed by atoms with van der Waals surface area (Å²) in [5, 5.41) is 8.39. The minimum Gasteiger partial charge on any atom is -0.748 e. The molecule has 23 heavy (non-hydrogen) atoms. The molecule has 0 spiro atoms. The molecule has 0 fully saturated rings. The van der Waals surface area contributed by atoms with Crippen molar-refractivity contribution in [2.45, 2.75) is 109 Å². The normalized spacial score (nSPS) is 14.3. The van der Waals surface area contributed by atoms with E-state index < -0.39 is 21.5 Å². The first-order valence-corrected chi connectivity index (χ1v) is 10.5. The molecule has 0 heterocycles. The topological polar surface area (TPSA) is 77.4 Å². The fourth-order valence-corrected chi connectivity index (χ4v) is 3.60. The van der Waals surface area contributed by atoms with Gasteiger partial charge in [0.05, 0.1) is 16.2 Å². The van der Waals surface area contributed by atoms with Crippen LogP contribution in [0.2, 0.25) is 0 Å². The Labute approximate surface area is 186 Å². The summed E-state index contributed by atoms with van der Waals surface area (Å²) in [7, 11) is -4.23. The van der Waals surface area contributed by atoms with Crippen LogP contribution in [0.5, 0.6) is 0 Å². The van der Waals surface area contributed by atoms with Gasteiger partial charge in [0.2, 0.25) is 0 Å². The van der Waals surface area contributed by atoms with Gasteiger partial charge in [-0.2, -0.15) is 0 Å². The molecule has 0 rings (SSSR count). The van der Waals surface area contributed by atoms with Crippen LogP contribution in [0, 0.1) is 0 Å². The number of rotatable bonds is 15. The van der Waals surface area contributed by atoms with Gasteiger partial charge in [0.25, 0.3) is 0 Å². The third-order valence-electron chi connectivity index (χ3n) is 4.19. The molecule has 6 heteroatoms. The zero-order valence-corrected chi connectivity index (χ0v) is 19.4. The Bertz CT molecular complexity index is 345. The van der Waals surface area contributed by atoms with Crippen molar-refractivity contribution in [1.82, 2.24) is 0 Å². The predicted octanol–water partition coefficient (Wildman–Crippen LogP) is 1.38. The third kappa shape index (κ3) is 18.1. The first kappa shape index (κ1) is 26.7. The van der Waals surface area contributed by atoms with E-state index in [0.717, 1.165) is 19.3 Å². The molecule has 0 bridgehead atoms. The molecule has 0 aromatic rings. The Balaban J connectivity index is 0. The van der Waals surface area contributed by atoms with E-state index in [9.17, 15) is 18.1 Å². The molecule has 0 aliphatic heterocycles. The Morgan fingerprint density at radius 3 is 1.65 bits per heavy atom. The summed E-state index contributed by atoms with van der Waals surface area (Å²) in [5.74, 6) is 0. The fraction of sp³-hybridized carbons (Fsp3) is 1.00. The van der Waals surface area contributed by atoms with Crippen LogP contribution in [-0.2, 0) is 10.1 Å². The number of unbranched alkanes of at least 4 members (excludes halogenated alkanes) is 9. The van der Waals surface area contributed by atoms with Gasteiger partial charge >= 0.3 is 51.4 Å². The summed E-state index contributed by atoms with van der Waals surface area (Å²) >= 11 is 0. The summed E-state index contributed by atoms with van der Waals surface area (Å²) < 4.78 is 33.6. The fourth-order valence-electron chi connectivity index (χ4n) is 2.72. The second kappa shape index (κ2) is 16.9. The van der Waals surface area contributed by atoms with Crippen molar-refractivity contribution >= 4 is 10.1 Å². The Kier molecular flexibility index (Phi) is 19.7. The van der Waals surface area contributed by atoms with Gasteiger partial charge in [-0.25, -0.2) is 8.42 Å². The molecule has 1 N–H and O–H groups in total. The van der Waals surface area contributed by atoms with Gasteiger partial charge < -0.3 is 9.66 Å². The summed E-state index contributed by atoms with van der Waals surface area (Å²) in [6.07, 6.45) is 12.5. The minimum atomic E-state index is -4.23. The molecule has 0 aliphatic carbocycles. The van der Waals surface area contributed by atoms with Crippen LogP contribution in [0.4, 0.5) is 0 Å². The zero-order valence-electron chi connectivity index (χ0n) is 15.4. The molecule has 0 radical (unpaired) electrons. The molecule has 0 saturated heterocycles. The molecule has 2 atom stereocenters. The first-order chi connectivity index (χ1) is 10.4. The van der Waals surface area contributed by atoms with Crippen LogP contribution in [0.15, 0.2) is 0 Å². The molecular weight excluding hydrogens is 339 g/mol. The van der Waals surface area contributed by atoms with Crippen LogP contribution in [0.3, 0.4) is 0 Å². The maximum atomic E-state index is 11.2. The van der Waals surface area contributed by atoms with Crippen LogP contribution < -0.4 is 51.4 Å². The van der Waals surface area contributed by atoms with Gasteiger partial charge in [-0.15, -0.1) is 0 Å². The predicted molar refractivity (Wildman–Crippen MR) is 90.9 cm³/mol. The van der Waals surface area contributed by atoms with E-state index in [0.29, 0.717) is 12.8 Å². The Morgan fingerprint density at radius 1 is 0.826 bits per heavy atom. The third-order valence-corrected chi connectivity index (χ3v) is 5.48. The van der Waals surface area contributed by atoms with E-state index >= 15 is 0 Å². The van der Waals surface area contributed by atoms with Crippen LogP contribution in [0.1, 0.15) is 97.3 Å². The maximum Gasteiger partial charge on any atom is 1.00 e. The Morgan fingerprint density at radius 2 is 1.26 bits per heavy atom. The van der Waals surface area contributed by atoms with Gasteiger partial charge in [-0.1, -0.05) is 71.1 Å². The maximum absolute atomic E-state index is 11.2. The van der Waals surface area contributed by atoms with Gasteiger partial charge in [0.15, 0.2) is 0 Å².